The largest absolute Gasteiger partial charge is 0.477 e. The molecule has 4 nitrogen and oxygen atoms in total. The summed E-state index contributed by atoms with van der Waals surface area (Å²) < 4.78 is 6.47. The van der Waals surface area contributed by atoms with Gasteiger partial charge in [0, 0.05) is 6.54 Å². The second kappa shape index (κ2) is 9.14. The Morgan fingerprint density at radius 2 is 2.00 bits per heavy atom. The maximum absolute atomic E-state index is 5.67. The predicted octanol–water partition coefficient (Wildman–Crippen LogP) is 4.02. The number of nitrogens with zero attached hydrogens (tertiary/aromatic N) is 2. The van der Waals surface area contributed by atoms with Gasteiger partial charge in [0.05, 0.1) is 17.3 Å². The molecule has 0 atom stereocenters. The van der Waals surface area contributed by atoms with Crippen molar-refractivity contribution in [1.82, 2.24) is 9.97 Å². The van der Waals surface area contributed by atoms with Crippen molar-refractivity contribution >= 4 is 21.9 Å². The van der Waals surface area contributed by atoms with Crippen molar-refractivity contribution in [1.29, 1.82) is 0 Å². The zero-order valence-corrected chi connectivity index (χ0v) is 12.8. The van der Waals surface area contributed by atoms with Gasteiger partial charge in [0.25, 0.3) is 0 Å². The highest BCUT2D eigenvalue weighted by Gasteiger charge is 2.05. The Bertz CT molecular complexity index is 347. The molecule has 0 bridgehead atoms. The summed E-state index contributed by atoms with van der Waals surface area (Å²) in [6, 6.07) is 0. The van der Waals surface area contributed by atoms with Gasteiger partial charge in [0.1, 0.15) is 0 Å². The standard InChI is InChI=1S/C13H22BrN3O/c1-3-5-6-7-8-9-18-12-11(14)10-16-13(17-12)15-4-2/h10H,3-9H2,1-2H3,(H,15,16,17). The highest BCUT2D eigenvalue weighted by atomic mass is 79.9. The molecule has 0 aromatic carbocycles. The highest BCUT2D eigenvalue weighted by molar-refractivity contribution is 9.10. The minimum Gasteiger partial charge on any atom is -0.477 e. The van der Waals surface area contributed by atoms with Crippen LogP contribution in [0.3, 0.4) is 0 Å². The molecule has 0 unspecified atom stereocenters. The number of halogens is 1. The molecule has 102 valence electrons. The van der Waals surface area contributed by atoms with Gasteiger partial charge in [0.2, 0.25) is 11.8 Å². The highest BCUT2D eigenvalue weighted by Crippen LogP contribution is 2.22. The van der Waals surface area contributed by atoms with E-state index in [2.05, 4.69) is 38.1 Å². The molecule has 0 radical (unpaired) electrons. The molecule has 0 saturated heterocycles. The average Bonchev–Trinajstić information content (AvgIpc) is 2.37. The van der Waals surface area contributed by atoms with Crippen LogP contribution in [0, 0.1) is 0 Å². The van der Waals surface area contributed by atoms with Crippen molar-refractivity contribution in [2.45, 2.75) is 46.0 Å². The molecular formula is C13H22BrN3O. The van der Waals surface area contributed by atoms with Gasteiger partial charge in [-0.25, -0.2) is 4.98 Å². The third-order valence-corrected chi connectivity index (χ3v) is 3.08. The number of rotatable bonds is 9. The van der Waals surface area contributed by atoms with Crippen molar-refractivity contribution in [3.8, 4) is 5.88 Å². The van der Waals surface area contributed by atoms with Gasteiger partial charge in [0.15, 0.2) is 0 Å². The molecule has 0 saturated carbocycles. The zero-order chi connectivity index (χ0) is 13.2. The molecule has 1 aromatic heterocycles. The molecule has 1 heterocycles. The number of ether oxygens (including phenoxy) is 1. The number of hydrogen-bond acceptors (Lipinski definition) is 4. The third-order valence-electron chi connectivity index (χ3n) is 2.53. The number of unbranched alkanes of at least 4 members (excludes halogenated alkanes) is 4. The second-order valence-electron chi connectivity index (χ2n) is 4.14. The first-order valence-electron chi connectivity index (χ1n) is 6.67. The van der Waals surface area contributed by atoms with Crippen molar-refractivity contribution in [3.05, 3.63) is 10.7 Å². The van der Waals surface area contributed by atoms with Gasteiger partial charge in [-0.05, 0) is 29.3 Å². The van der Waals surface area contributed by atoms with Gasteiger partial charge in [-0.15, -0.1) is 0 Å². The summed E-state index contributed by atoms with van der Waals surface area (Å²) in [7, 11) is 0. The van der Waals surface area contributed by atoms with Crippen LogP contribution in [0.15, 0.2) is 10.7 Å². The molecule has 0 spiro atoms. The molecule has 0 aliphatic rings. The van der Waals surface area contributed by atoms with Crippen LogP contribution >= 0.6 is 15.9 Å². The van der Waals surface area contributed by atoms with Crippen LogP contribution in [0.1, 0.15) is 46.0 Å². The van der Waals surface area contributed by atoms with E-state index >= 15 is 0 Å². The molecule has 0 aliphatic heterocycles. The van der Waals surface area contributed by atoms with E-state index in [1.807, 2.05) is 6.92 Å². The summed E-state index contributed by atoms with van der Waals surface area (Å²) in [5.74, 6) is 1.23. The Morgan fingerprint density at radius 1 is 1.22 bits per heavy atom. The zero-order valence-electron chi connectivity index (χ0n) is 11.2. The maximum atomic E-state index is 5.67. The molecule has 1 N–H and O–H groups in total. The Morgan fingerprint density at radius 3 is 2.72 bits per heavy atom. The van der Waals surface area contributed by atoms with E-state index < -0.39 is 0 Å². The summed E-state index contributed by atoms with van der Waals surface area (Å²) in [5.41, 5.74) is 0. The second-order valence-corrected chi connectivity index (χ2v) is 4.99. The van der Waals surface area contributed by atoms with Crippen molar-refractivity contribution in [2.75, 3.05) is 18.5 Å². The van der Waals surface area contributed by atoms with Gasteiger partial charge >= 0.3 is 0 Å². The SMILES string of the molecule is CCCCCCCOc1nc(NCC)ncc1Br. The van der Waals surface area contributed by atoms with E-state index in [4.69, 9.17) is 4.74 Å². The molecule has 0 amide bonds. The minimum absolute atomic E-state index is 0.613. The fraction of sp³-hybridized carbons (Fsp3) is 0.692. The van der Waals surface area contributed by atoms with E-state index in [0.717, 1.165) is 17.4 Å². The Kier molecular flexibility index (Phi) is 7.73. The van der Waals surface area contributed by atoms with Gasteiger partial charge in [-0.1, -0.05) is 32.6 Å². The summed E-state index contributed by atoms with van der Waals surface area (Å²) in [5, 5.41) is 3.07. The Hall–Kier alpha value is -0.840. The lowest BCUT2D eigenvalue weighted by atomic mass is 10.2. The maximum Gasteiger partial charge on any atom is 0.232 e. The normalized spacial score (nSPS) is 10.4. The molecule has 0 fully saturated rings. The van der Waals surface area contributed by atoms with Crippen molar-refractivity contribution in [2.24, 2.45) is 0 Å². The predicted molar refractivity (Wildman–Crippen MR) is 78.1 cm³/mol. The third kappa shape index (κ3) is 5.67. The van der Waals surface area contributed by atoms with Crippen LogP contribution in [0.5, 0.6) is 5.88 Å². The quantitative estimate of drug-likeness (QED) is 0.699. The van der Waals surface area contributed by atoms with Crippen LogP contribution in [0.4, 0.5) is 5.95 Å². The van der Waals surface area contributed by atoms with E-state index in [-0.39, 0.29) is 0 Å². The minimum atomic E-state index is 0.613. The molecule has 0 aliphatic carbocycles. The fourth-order valence-electron chi connectivity index (χ4n) is 1.57. The van der Waals surface area contributed by atoms with Crippen LogP contribution in [-0.4, -0.2) is 23.1 Å². The first-order valence-corrected chi connectivity index (χ1v) is 7.46. The lowest BCUT2D eigenvalue weighted by Crippen LogP contribution is -2.05. The number of aromatic nitrogens is 2. The molecule has 1 aromatic rings. The fourth-order valence-corrected chi connectivity index (χ4v) is 1.88. The van der Waals surface area contributed by atoms with E-state index in [1.165, 1.54) is 25.7 Å². The van der Waals surface area contributed by atoms with Crippen LogP contribution in [0.2, 0.25) is 0 Å². The first-order chi connectivity index (χ1) is 8.77. The topological polar surface area (TPSA) is 47.0 Å². The molecule has 5 heteroatoms. The molecule has 1 rings (SSSR count). The van der Waals surface area contributed by atoms with Gasteiger partial charge in [-0.2, -0.15) is 4.98 Å². The van der Waals surface area contributed by atoms with E-state index in [1.54, 1.807) is 6.20 Å². The van der Waals surface area contributed by atoms with Crippen molar-refractivity contribution < 1.29 is 4.74 Å². The van der Waals surface area contributed by atoms with Crippen molar-refractivity contribution in [3.63, 3.8) is 0 Å². The van der Waals surface area contributed by atoms with Crippen LogP contribution in [0.25, 0.3) is 0 Å². The summed E-state index contributed by atoms with van der Waals surface area (Å²) in [6.45, 7) is 5.75. The monoisotopic (exact) mass is 315 g/mol. The Balaban J connectivity index is 2.34. The first kappa shape index (κ1) is 15.2. The van der Waals surface area contributed by atoms with E-state index in [0.29, 0.717) is 18.4 Å². The number of hydrogen-bond donors (Lipinski definition) is 1. The number of nitrogens with one attached hydrogen (secondary N) is 1. The van der Waals surface area contributed by atoms with Crippen LogP contribution in [-0.2, 0) is 0 Å². The summed E-state index contributed by atoms with van der Waals surface area (Å²) >= 11 is 3.40. The molecule has 18 heavy (non-hydrogen) atoms. The smallest absolute Gasteiger partial charge is 0.232 e. The number of anilines is 1. The van der Waals surface area contributed by atoms with Gasteiger partial charge < -0.3 is 10.1 Å². The lowest BCUT2D eigenvalue weighted by Gasteiger charge is -2.08. The Labute approximate surface area is 118 Å². The lowest BCUT2D eigenvalue weighted by molar-refractivity contribution is 0.291. The van der Waals surface area contributed by atoms with E-state index in [9.17, 15) is 0 Å². The van der Waals surface area contributed by atoms with Gasteiger partial charge in [-0.3, -0.25) is 0 Å². The van der Waals surface area contributed by atoms with Crippen LogP contribution < -0.4 is 10.1 Å². The average molecular weight is 316 g/mol. The summed E-state index contributed by atoms with van der Waals surface area (Å²) in [6.07, 6.45) is 7.88. The molecular weight excluding hydrogens is 294 g/mol. The summed E-state index contributed by atoms with van der Waals surface area (Å²) in [4.78, 5) is 8.45.